The van der Waals surface area contributed by atoms with Crippen LogP contribution < -0.4 is 4.72 Å². The Morgan fingerprint density at radius 2 is 2.13 bits per heavy atom. The van der Waals surface area contributed by atoms with Crippen LogP contribution in [0.15, 0.2) is 23.4 Å². The molecule has 3 rings (SSSR count). The van der Waals surface area contributed by atoms with E-state index < -0.39 is 16.0 Å². The maximum atomic E-state index is 12.3. The number of hydrogen-bond donors (Lipinski definition) is 2. The Hall–Kier alpha value is -1.38. The number of sulfonamides is 1. The monoisotopic (exact) mass is 341 g/mol. The minimum Gasteiger partial charge on any atom is -0.480 e. The highest BCUT2D eigenvalue weighted by Gasteiger charge is 2.39. The van der Waals surface area contributed by atoms with Crippen molar-refractivity contribution in [2.45, 2.75) is 42.8 Å². The number of aromatic nitrogens is 1. The molecule has 8 heteroatoms. The quantitative estimate of drug-likeness (QED) is 0.724. The highest BCUT2D eigenvalue weighted by atomic mass is 32.2. The molecule has 0 unspecified atom stereocenters. The molecule has 0 radical (unpaired) electrons. The van der Waals surface area contributed by atoms with Crippen molar-refractivity contribution in [2.75, 3.05) is 13.1 Å². The lowest BCUT2D eigenvalue weighted by atomic mass is 9.86. The van der Waals surface area contributed by atoms with E-state index in [0.29, 0.717) is 18.8 Å². The fourth-order valence-electron chi connectivity index (χ4n) is 3.14. The second-order valence-corrected chi connectivity index (χ2v) is 8.33. The van der Waals surface area contributed by atoms with E-state index in [0.717, 1.165) is 6.54 Å². The Bertz CT molecular complexity index is 675. The summed E-state index contributed by atoms with van der Waals surface area (Å²) in [5, 5.41) is 9.29. The third kappa shape index (κ3) is 3.94. The number of rotatable bonds is 8. The molecule has 2 aliphatic rings. The number of aliphatic carboxylic acids is 1. The molecule has 1 aromatic heterocycles. The van der Waals surface area contributed by atoms with Crippen molar-refractivity contribution in [3.63, 3.8) is 0 Å². The van der Waals surface area contributed by atoms with E-state index in [1.807, 2.05) is 4.90 Å². The third-order valence-electron chi connectivity index (χ3n) is 4.65. The average molecular weight is 341 g/mol. The number of carboxylic acids is 1. The second-order valence-electron chi connectivity index (χ2n) is 6.67. The zero-order valence-corrected chi connectivity index (χ0v) is 14.0. The van der Waals surface area contributed by atoms with Gasteiger partial charge in [0.15, 0.2) is 0 Å². The summed E-state index contributed by atoms with van der Waals surface area (Å²) in [4.78, 5) is 13.0. The number of carboxylic acid groups (broad SMARTS) is 1. The smallest absolute Gasteiger partial charge is 0.317 e. The summed E-state index contributed by atoms with van der Waals surface area (Å²) in [5.74, 6) is -0.202. The van der Waals surface area contributed by atoms with Crippen LogP contribution in [0.1, 0.15) is 25.7 Å². The summed E-state index contributed by atoms with van der Waals surface area (Å²) in [6, 6.07) is 3.31. The van der Waals surface area contributed by atoms with Crippen molar-refractivity contribution in [1.29, 1.82) is 0 Å². The van der Waals surface area contributed by atoms with Crippen LogP contribution in [0.4, 0.5) is 0 Å². The summed E-state index contributed by atoms with van der Waals surface area (Å²) >= 11 is 0. The Kier molecular flexibility index (Phi) is 4.48. The van der Waals surface area contributed by atoms with Crippen LogP contribution in [-0.4, -0.2) is 54.1 Å². The number of nitrogens with one attached hydrogen (secondary N) is 1. The van der Waals surface area contributed by atoms with Gasteiger partial charge in [-0.1, -0.05) is 0 Å². The van der Waals surface area contributed by atoms with E-state index in [9.17, 15) is 13.2 Å². The van der Waals surface area contributed by atoms with Crippen LogP contribution in [-0.2, 0) is 21.9 Å². The molecule has 0 amide bonds. The van der Waals surface area contributed by atoms with Crippen molar-refractivity contribution in [2.24, 2.45) is 13.0 Å². The van der Waals surface area contributed by atoms with E-state index >= 15 is 0 Å². The Balaban J connectivity index is 1.55. The Morgan fingerprint density at radius 3 is 2.65 bits per heavy atom. The molecule has 0 atom stereocenters. The lowest BCUT2D eigenvalue weighted by Crippen LogP contribution is -2.55. The minimum absolute atomic E-state index is 0.0401. The molecule has 2 N–H and O–H groups in total. The molecule has 0 aromatic carbocycles. The number of carbonyl (C=O) groups is 1. The van der Waals surface area contributed by atoms with Crippen LogP contribution in [0.25, 0.3) is 0 Å². The largest absolute Gasteiger partial charge is 0.480 e. The highest BCUT2D eigenvalue weighted by Crippen LogP contribution is 2.34. The van der Waals surface area contributed by atoms with Gasteiger partial charge in [0.05, 0.1) is 6.54 Å². The van der Waals surface area contributed by atoms with E-state index in [2.05, 4.69) is 4.72 Å². The molecule has 1 heterocycles. The summed E-state index contributed by atoms with van der Waals surface area (Å²) in [5.41, 5.74) is 0. The molecule has 128 valence electrons. The van der Waals surface area contributed by atoms with Crippen molar-refractivity contribution in [1.82, 2.24) is 14.2 Å². The predicted molar refractivity (Wildman–Crippen MR) is 84.5 cm³/mol. The molecular weight excluding hydrogens is 318 g/mol. The Labute approximate surface area is 136 Å². The second kappa shape index (κ2) is 6.26. The van der Waals surface area contributed by atoms with Crippen molar-refractivity contribution in [3.8, 4) is 0 Å². The van der Waals surface area contributed by atoms with Gasteiger partial charge in [0.1, 0.15) is 5.03 Å². The number of hydrogen-bond acceptors (Lipinski definition) is 4. The standard InChI is InChI=1S/C15H23N3O4S/c1-17-6-2-3-14(17)23(21,22)16-12-7-13(8-12)18(10-15(19)20)9-11-4-5-11/h2-3,6,11-13,16H,4-5,7-10H2,1H3,(H,19,20). The topological polar surface area (TPSA) is 91.6 Å². The van der Waals surface area contributed by atoms with Crippen LogP contribution in [0.2, 0.25) is 0 Å². The summed E-state index contributed by atoms with van der Waals surface area (Å²) in [7, 11) is -1.82. The molecule has 0 spiro atoms. The first kappa shape index (κ1) is 16.5. The molecule has 1 aromatic rings. The maximum absolute atomic E-state index is 12.3. The molecular formula is C15H23N3O4S. The van der Waals surface area contributed by atoms with Gasteiger partial charge in [0.2, 0.25) is 0 Å². The van der Waals surface area contributed by atoms with Crippen LogP contribution in [0.3, 0.4) is 0 Å². The first-order valence-electron chi connectivity index (χ1n) is 7.94. The van der Waals surface area contributed by atoms with Gasteiger partial charge in [-0.25, -0.2) is 13.1 Å². The van der Waals surface area contributed by atoms with Gasteiger partial charge in [-0.3, -0.25) is 9.69 Å². The van der Waals surface area contributed by atoms with E-state index in [1.54, 1.807) is 29.9 Å². The number of nitrogens with zero attached hydrogens (tertiary/aromatic N) is 2. The fraction of sp³-hybridized carbons (Fsp3) is 0.667. The van der Waals surface area contributed by atoms with Gasteiger partial charge >= 0.3 is 5.97 Å². The minimum atomic E-state index is -3.51. The third-order valence-corrected chi connectivity index (χ3v) is 6.27. The van der Waals surface area contributed by atoms with Crippen LogP contribution in [0, 0.1) is 5.92 Å². The lowest BCUT2D eigenvalue weighted by molar-refractivity contribution is -0.139. The molecule has 0 bridgehead atoms. The molecule has 23 heavy (non-hydrogen) atoms. The average Bonchev–Trinajstić information content (AvgIpc) is 3.10. The fourth-order valence-corrected chi connectivity index (χ4v) is 4.58. The van der Waals surface area contributed by atoms with Gasteiger partial charge < -0.3 is 9.67 Å². The SMILES string of the molecule is Cn1cccc1S(=O)(=O)NC1CC(N(CC(=O)O)CC2CC2)C1. The first-order valence-corrected chi connectivity index (χ1v) is 9.43. The van der Waals surface area contributed by atoms with Crippen molar-refractivity contribution >= 4 is 16.0 Å². The van der Waals surface area contributed by atoms with Gasteiger partial charge in [0.25, 0.3) is 10.0 Å². The van der Waals surface area contributed by atoms with E-state index in [-0.39, 0.29) is 23.7 Å². The van der Waals surface area contributed by atoms with Gasteiger partial charge in [-0.2, -0.15) is 0 Å². The summed E-state index contributed by atoms with van der Waals surface area (Å²) in [6.45, 7) is 0.854. The zero-order valence-electron chi connectivity index (χ0n) is 13.2. The lowest BCUT2D eigenvalue weighted by Gasteiger charge is -2.42. The van der Waals surface area contributed by atoms with E-state index in [1.165, 1.54) is 12.8 Å². The molecule has 2 aliphatic carbocycles. The molecule has 2 fully saturated rings. The van der Waals surface area contributed by atoms with Crippen LogP contribution >= 0.6 is 0 Å². The molecule has 7 nitrogen and oxygen atoms in total. The normalized spacial score (nSPS) is 24.6. The molecule has 0 aliphatic heterocycles. The number of aryl methyl sites for hydroxylation is 1. The zero-order chi connectivity index (χ0) is 16.6. The van der Waals surface area contributed by atoms with Gasteiger partial charge in [-0.05, 0) is 43.7 Å². The van der Waals surface area contributed by atoms with Crippen molar-refractivity contribution < 1.29 is 18.3 Å². The van der Waals surface area contributed by atoms with Gasteiger partial charge in [-0.15, -0.1) is 0 Å². The first-order chi connectivity index (χ1) is 10.8. The van der Waals surface area contributed by atoms with Crippen LogP contribution in [0.5, 0.6) is 0 Å². The highest BCUT2D eigenvalue weighted by molar-refractivity contribution is 7.89. The summed E-state index contributed by atoms with van der Waals surface area (Å²) in [6.07, 6.45) is 5.38. The Morgan fingerprint density at radius 1 is 1.43 bits per heavy atom. The predicted octanol–water partition coefficient (Wildman–Crippen LogP) is 0.631. The van der Waals surface area contributed by atoms with E-state index in [4.69, 9.17) is 5.11 Å². The van der Waals surface area contributed by atoms with Gasteiger partial charge in [0, 0.05) is 31.9 Å². The molecule has 0 saturated heterocycles. The molecule has 2 saturated carbocycles. The summed E-state index contributed by atoms with van der Waals surface area (Å²) < 4.78 is 28.9. The van der Waals surface area contributed by atoms with Crippen molar-refractivity contribution in [3.05, 3.63) is 18.3 Å². The maximum Gasteiger partial charge on any atom is 0.317 e.